The van der Waals surface area contributed by atoms with Crippen LogP contribution in [0.2, 0.25) is 0 Å². The Morgan fingerprint density at radius 1 is 0.500 bits per heavy atom. The van der Waals surface area contributed by atoms with Gasteiger partial charge in [-0.2, -0.15) is 0 Å². The zero-order valence-electron chi connectivity index (χ0n) is 29.4. The number of ether oxygens (including phenoxy) is 2. The van der Waals surface area contributed by atoms with Crippen molar-refractivity contribution in [1.29, 1.82) is 0 Å². The second-order valence-electron chi connectivity index (χ2n) is 13.0. The Balaban J connectivity index is 3.53. The maximum Gasteiger partial charge on any atom is 0.306 e. The van der Waals surface area contributed by atoms with Crippen molar-refractivity contribution in [3.05, 3.63) is 12.2 Å². The van der Waals surface area contributed by atoms with E-state index in [0.29, 0.717) is 12.8 Å². The molecule has 0 heterocycles. The van der Waals surface area contributed by atoms with Gasteiger partial charge in [0.15, 0.2) is 6.10 Å². The third kappa shape index (κ3) is 33.5. The number of aliphatic hydroxyl groups is 1. The molecular weight excluding hydrogens is 548 g/mol. The lowest BCUT2D eigenvalue weighted by Gasteiger charge is -2.15. The third-order valence-corrected chi connectivity index (χ3v) is 8.56. The summed E-state index contributed by atoms with van der Waals surface area (Å²) < 4.78 is 10.6. The van der Waals surface area contributed by atoms with E-state index in [1.165, 1.54) is 135 Å². The third-order valence-electron chi connectivity index (χ3n) is 8.56. The first-order chi connectivity index (χ1) is 21.6. The van der Waals surface area contributed by atoms with Gasteiger partial charge in [0, 0.05) is 12.8 Å². The molecule has 1 atom stereocenters. The monoisotopic (exact) mass is 623 g/mol. The van der Waals surface area contributed by atoms with Crippen LogP contribution in [0.1, 0.15) is 206 Å². The van der Waals surface area contributed by atoms with Crippen LogP contribution in [0.5, 0.6) is 0 Å². The van der Waals surface area contributed by atoms with Crippen molar-refractivity contribution in [1.82, 2.24) is 0 Å². The predicted octanol–water partition coefficient (Wildman–Crippen LogP) is 11.7. The summed E-state index contributed by atoms with van der Waals surface area (Å²) in [6.07, 6.45) is 39.8. The van der Waals surface area contributed by atoms with E-state index in [2.05, 4.69) is 26.0 Å². The molecule has 1 N–H and O–H groups in total. The van der Waals surface area contributed by atoms with Crippen molar-refractivity contribution in [3.63, 3.8) is 0 Å². The fourth-order valence-corrected chi connectivity index (χ4v) is 5.61. The van der Waals surface area contributed by atoms with E-state index in [1.54, 1.807) is 0 Å². The van der Waals surface area contributed by atoms with Crippen LogP contribution in [0.15, 0.2) is 12.2 Å². The number of aliphatic hydroxyl groups excluding tert-OH is 1. The van der Waals surface area contributed by atoms with Gasteiger partial charge in [0.05, 0.1) is 6.61 Å². The molecule has 0 aromatic carbocycles. The largest absolute Gasteiger partial charge is 0.462 e. The molecule has 0 saturated heterocycles. The van der Waals surface area contributed by atoms with Crippen LogP contribution in [0.3, 0.4) is 0 Å². The summed E-state index contributed by atoms with van der Waals surface area (Å²) in [5.41, 5.74) is 0. The molecule has 0 spiro atoms. The average Bonchev–Trinajstić information content (AvgIpc) is 3.02. The quantitative estimate of drug-likeness (QED) is 0.0432. The van der Waals surface area contributed by atoms with Gasteiger partial charge in [-0.3, -0.25) is 9.59 Å². The summed E-state index contributed by atoms with van der Waals surface area (Å²) in [4.78, 5) is 24.2. The maximum absolute atomic E-state index is 12.1. The van der Waals surface area contributed by atoms with Crippen LogP contribution in [-0.2, 0) is 19.1 Å². The Morgan fingerprint density at radius 3 is 1.23 bits per heavy atom. The molecule has 5 heteroatoms. The first-order valence-electron chi connectivity index (χ1n) is 19.2. The first-order valence-corrected chi connectivity index (χ1v) is 19.2. The summed E-state index contributed by atoms with van der Waals surface area (Å²) in [7, 11) is 0. The van der Waals surface area contributed by atoms with E-state index in [9.17, 15) is 14.7 Å². The van der Waals surface area contributed by atoms with Crippen molar-refractivity contribution in [2.24, 2.45) is 0 Å². The SMILES string of the molecule is CCCCCCCC/C=C\CCCCCCCC(=O)OCC(CO)OC(=O)CCCCCCCCCCCCCCCCC. The highest BCUT2D eigenvalue weighted by Gasteiger charge is 2.16. The van der Waals surface area contributed by atoms with Gasteiger partial charge in [0.1, 0.15) is 6.61 Å². The van der Waals surface area contributed by atoms with Gasteiger partial charge in [-0.15, -0.1) is 0 Å². The minimum absolute atomic E-state index is 0.0645. The average molecular weight is 623 g/mol. The van der Waals surface area contributed by atoms with Gasteiger partial charge in [0.25, 0.3) is 0 Å². The van der Waals surface area contributed by atoms with Crippen molar-refractivity contribution in [2.45, 2.75) is 213 Å². The fourth-order valence-electron chi connectivity index (χ4n) is 5.61. The molecule has 260 valence electrons. The predicted molar refractivity (Wildman–Crippen MR) is 187 cm³/mol. The molecule has 0 aromatic rings. The maximum atomic E-state index is 12.1. The van der Waals surface area contributed by atoms with Crippen molar-refractivity contribution < 1.29 is 24.2 Å². The molecule has 0 amide bonds. The topological polar surface area (TPSA) is 72.8 Å². The smallest absolute Gasteiger partial charge is 0.306 e. The Kier molecular flexibility index (Phi) is 35.0. The minimum Gasteiger partial charge on any atom is -0.462 e. The van der Waals surface area contributed by atoms with Gasteiger partial charge in [-0.1, -0.05) is 167 Å². The number of carbonyl (C=O) groups excluding carboxylic acids is 2. The molecule has 0 radical (unpaired) electrons. The fraction of sp³-hybridized carbons (Fsp3) is 0.897. The highest BCUT2D eigenvalue weighted by molar-refractivity contribution is 5.70. The van der Waals surface area contributed by atoms with Gasteiger partial charge in [-0.05, 0) is 38.5 Å². The van der Waals surface area contributed by atoms with Crippen LogP contribution in [0, 0.1) is 0 Å². The number of carbonyl (C=O) groups is 2. The Bertz CT molecular complexity index is 632. The lowest BCUT2D eigenvalue weighted by atomic mass is 10.0. The second-order valence-corrected chi connectivity index (χ2v) is 13.0. The van der Waals surface area contributed by atoms with Crippen molar-refractivity contribution in [2.75, 3.05) is 13.2 Å². The van der Waals surface area contributed by atoms with Crippen molar-refractivity contribution in [3.8, 4) is 0 Å². The summed E-state index contributed by atoms with van der Waals surface area (Å²) >= 11 is 0. The number of rotatable bonds is 35. The molecule has 0 fully saturated rings. The highest BCUT2D eigenvalue weighted by Crippen LogP contribution is 2.14. The number of esters is 2. The van der Waals surface area contributed by atoms with Crippen molar-refractivity contribution >= 4 is 11.9 Å². The molecule has 0 bridgehead atoms. The molecule has 0 aliphatic heterocycles. The summed E-state index contributed by atoms with van der Waals surface area (Å²) in [6.45, 7) is 4.14. The molecule has 0 aliphatic rings. The highest BCUT2D eigenvalue weighted by atomic mass is 16.6. The Labute approximate surface area is 273 Å². The second kappa shape index (κ2) is 36.1. The lowest BCUT2D eigenvalue weighted by Crippen LogP contribution is -2.28. The molecular formula is C39H74O5. The summed E-state index contributed by atoms with van der Waals surface area (Å²) in [6, 6.07) is 0. The van der Waals surface area contributed by atoms with E-state index >= 15 is 0 Å². The van der Waals surface area contributed by atoms with E-state index in [0.717, 1.165) is 44.9 Å². The number of unbranched alkanes of at least 4 members (excludes halogenated alkanes) is 25. The molecule has 0 rings (SSSR count). The van der Waals surface area contributed by atoms with Gasteiger partial charge in [-0.25, -0.2) is 0 Å². The van der Waals surface area contributed by atoms with Crippen LogP contribution in [-0.4, -0.2) is 36.4 Å². The molecule has 0 aliphatic carbocycles. The molecule has 0 aromatic heterocycles. The molecule has 5 nitrogen and oxygen atoms in total. The molecule has 44 heavy (non-hydrogen) atoms. The molecule has 1 unspecified atom stereocenters. The lowest BCUT2D eigenvalue weighted by molar-refractivity contribution is -0.161. The number of hydrogen-bond acceptors (Lipinski definition) is 5. The van der Waals surface area contributed by atoms with E-state index < -0.39 is 6.10 Å². The van der Waals surface area contributed by atoms with Gasteiger partial charge in [0.2, 0.25) is 0 Å². The Morgan fingerprint density at radius 2 is 0.841 bits per heavy atom. The van der Waals surface area contributed by atoms with Gasteiger partial charge < -0.3 is 14.6 Å². The first kappa shape index (κ1) is 42.6. The summed E-state index contributed by atoms with van der Waals surface area (Å²) in [5.74, 6) is -0.591. The van der Waals surface area contributed by atoms with Crippen LogP contribution in [0.4, 0.5) is 0 Å². The van der Waals surface area contributed by atoms with Gasteiger partial charge >= 0.3 is 11.9 Å². The number of allylic oxidation sites excluding steroid dienone is 2. The minimum atomic E-state index is -0.767. The summed E-state index contributed by atoms with van der Waals surface area (Å²) in [5, 5.41) is 9.54. The van der Waals surface area contributed by atoms with Crippen LogP contribution >= 0.6 is 0 Å². The molecule has 0 saturated carbocycles. The zero-order valence-corrected chi connectivity index (χ0v) is 29.4. The normalized spacial score (nSPS) is 12.2. The number of hydrogen-bond donors (Lipinski definition) is 1. The van der Waals surface area contributed by atoms with E-state index in [1.807, 2.05) is 0 Å². The Hall–Kier alpha value is -1.36. The standard InChI is InChI=1S/C39H74O5/c1-3-5-7-9-11-13-15-17-19-21-23-25-27-29-31-33-38(41)43-36-37(35-40)44-39(42)34-32-30-28-26-24-22-20-18-16-14-12-10-8-6-4-2/h17,19,37,40H,3-16,18,20-36H2,1-2H3/b19-17-. The van der Waals surface area contributed by atoms with E-state index in [4.69, 9.17) is 9.47 Å². The van der Waals surface area contributed by atoms with Crippen LogP contribution in [0.25, 0.3) is 0 Å². The zero-order chi connectivity index (χ0) is 32.2. The van der Waals surface area contributed by atoms with E-state index in [-0.39, 0.29) is 25.2 Å². The van der Waals surface area contributed by atoms with Crippen LogP contribution < -0.4 is 0 Å².